The maximum atomic E-state index is 5.28. The van der Waals surface area contributed by atoms with E-state index in [1.807, 2.05) is 41.8 Å². The van der Waals surface area contributed by atoms with Crippen LogP contribution < -0.4 is 10.1 Å². The fraction of sp³-hybridized carbons (Fsp3) is 0.125. The van der Waals surface area contributed by atoms with E-state index in [1.54, 1.807) is 18.4 Å². The van der Waals surface area contributed by atoms with Crippen molar-refractivity contribution in [3.8, 4) is 16.5 Å². The lowest BCUT2D eigenvalue weighted by Crippen LogP contribution is -1.89. The van der Waals surface area contributed by atoms with Gasteiger partial charge in [0, 0.05) is 5.69 Å². The van der Waals surface area contributed by atoms with Crippen LogP contribution in [0.5, 0.6) is 5.75 Å². The first-order valence-electron chi connectivity index (χ1n) is 7.54. The van der Waals surface area contributed by atoms with Crippen LogP contribution in [0.4, 0.5) is 10.8 Å². The number of benzene rings is 1. The molecule has 1 aromatic carbocycles. The third-order valence-electron chi connectivity index (χ3n) is 3.27. The van der Waals surface area contributed by atoms with Crippen LogP contribution in [0.25, 0.3) is 10.8 Å². The van der Waals surface area contributed by atoms with E-state index in [0.29, 0.717) is 17.5 Å². The minimum atomic E-state index is 0.551. The van der Waals surface area contributed by atoms with Gasteiger partial charge in [0.1, 0.15) is 5.75 Å². The molecule has 4 aromatic rings. The highest BCUT2D eigenvalue weighted by molar-refractivity contribution is 8.00. The molecule has 0 saturated heterocycles. The van der Waals surface area contributed by atoms with Crippen molar-refractivity contribution >= 4 is 45.3 Å². The molecule has 0 fully saturated rings. The van der Waals surface area contributed by atoms with E-state index in [0.717, 1.165) is 25.8 Å². The summed E-state index contributed by atoms with van der Waals surface area (Å²) in [4.78, 5) is 5.37. The third kappa shape index (κ3) is 4.03. The molecule has 0 amide bonds. The first-order valence-corrected chi connectivity index (χ1v) is 10.2. The Morgan fingerprint density at radius 3 is 2.85 bits per heavy atom. The molecule has 0 aliphatic rings. The van der Waals surface area contributed by atoms with Crippen molar-refractivity contribution in [2.45, 2.75) is 10.1 Å². The van der Waals surface area contributed by atoms with E-state index < -0.39 is 0 Å². The number of nitrogens with one attached hydrogen (secondary N) is 1. The second kappa shape index (κ2) is 7.85. The first kappa shape index (κ1) is 17.0. The standard InChI is InChI=1S/C16H13N5O2S3/c1-22-11-6-4-10(5-7-11)17-15-19-20-16(26-15)25-9-13-18-14(23-21-13)12-3-2-8-24-12/h2-8H,9H2,1H3,(H,17,19). The Bertz CT molecular complexity index is 966. The molecule has 0 spiro atoms. The van der Waals surface area contributed by atoms with Gasteiger partial charge < -0.3 is 14.6 Å². The number of anilines is 2. The molecule has 4 rings (SSSR count). The summed E-state index contributed by atoms with van der Waals surface area (Å²) in [6.45, 7) is 0. The lowest BCUT2D eigenvalue weighted by atomic mass is 10.3. The Labute approximate surface area is 161 Å². The zero-order valence-electron chi connectivity index (χ0n) is 13.6. The van der Waals surface area contributed by atoms with Crippen LogP contribution >= 0.6 is 34.4 Å². The monoisotopic (exact) mass is 403 g/mol. The number of ether oxygens (including phenoxy) is 1. The van der Waals surface area contributed by atoms with E-state index in [1.165, 1.54) is 23.1 Å². The average molecular weight is 404 g/mol. The molecule has 10 heteroatoms. The molecule has 1 N–H and O–H groups in total. The van der Waals surface area contributed by atoms with Gasteiger partial charge in [-0.05, 0) is 35.7 Å². The van der Waals surface area contributed by atoms with Gasteiger partial charge in [-0.3, -0.25) is 0 Å². The molecule has 0 saturated carbocycles. The van der Waals surface area contributed by atoms with E-state index >= 15 is 0 Å². The maximum absolute atomic E-state index is 5.28. The molecule has 0 unspecified atom stereocenters. The van der Waals surface area contributed by atoms with Crippen LogP contribution in [-0.4, -0.2) is 27.4 Å². The fourth-order valence-corrected chi connectivity index (χ4v) is 4.32. The summed E-state index contributed by atoms with van der Waals surface area (Å²) in [6, 6.07) is 11.5. The van der Waals surface area contributed by atoms with Gasteiger partial charge in [0.05, 0.1) is 17.7 Å². The molecule has 26 heavy (non-hydrogen) atoms. The molecule has 7 nitrogen and oxygen atoms in total. The molecule has 0 bridgehead atoms. The minimum absolute atomic E-state index is 0.551. The van der Waals surface area contributed by atoms with Crippen LogP contribution in [0.2, 0.25) is 0 Å². The number of thiophene rings is 1. The Balaban J connectivity index is 1.34. The summed E-state index contributed by atoms with van der Waals surface area (Å²) in [5.41, 5.74) is 0.928. The lowest BCUT2D eigenvalue weighted by Gasteiger charge is -2.03. The molecule has 0 radical (unpaired) electrons. The second-order valence-corrected chi connectivity index (χ2v) is 8.16. The van der Waals surface area contributed by atoms with E-state index in [2.05, 4.69) is 25.7 Å². The lowest BCUT2D eigenvalue weighted by molar-refractivity contribution is 0.415. The molecular weight excluding hydrogens is 390 g/mol. The Kier molecular flexibility index (Phi) is 5.14. The fourth-order valence-electron chi connectivity index (χ4n) is 2.06. The predicted octanol–water partition coefficient (Wildman–Crippen LogP) is 4.69. The van der Waals surface area contributed by atoms with Crippen LogP contribution in [0.3, 0.4) is 0 Å². The second-order valence-electron chi connectivity index (χ2n) is 5.01. The van der Waals surface area contributed by atoms with Crippen molar-refractivity contribution < 1.29 is 9.26 Å². The van der Waals surface area contributed by atoms with E-state index in [-0.39, 0.29) is 0 Å². The van der Waals surface area contributed by atoms with Crippen LogP contribution in [0.1, 0.15) is 5.82 Å². The van der Waals surface area contributed by atoms with Crippen LogP contribution in [0.15, 0.2) is 50.6 Å². The average Bonchev–Trinajstić information content (AvgIpc) is 3.42. The van der Waals surface area contributed by atoms with E-state index in [4.69, 9.17) is 9.26 Å². The maximum Gasteiger partial charge on any atom is 0.268 e. The highest BCUT2D eigenvalue weighted by atomic mass is 32.2. The number of rotatable bonds is 7. The summed E-state index contributed by atoms with van der Waals surface area (Å²) in [6.07, 6.45) is 0. The Morgan fingerprint density at radius 1 is 1.19 bits per heavy atom. The summed E-state index contributed by atoms with van der Waals surface area (Å²) in [7, 11) is 1.64. The predicted molar refractivity (Wildman–Crippen MR) is 103 cm³/mol. The highest BCUT2D eigenvalue weighted by Gasteiger charge is 2.12. The molecule has 0 atom stereocenters. The molecule has 3 heterocycles. The summed E-state index contributed by atoms with van der Waals surface area (Å²) >= 11 is 4.57. The summed E-state index contributed by atoms with van der Waals surface area (Å²) in [5.74, 6) is 2.57. The molecule has 3 aromatic heterocycles. The van der Waals surface area contributed by atoms with Gasteiger partial charge >= 0.3 is 0 Å². The minimum Gasteiger partial charge on any atom is -0.497 e. The van der Waals surface area contributed by atoms with Crippen molar-refractivity contribution in [2.75, 3.05) is 12.4 Å². The number of hydrogen-bond donors (Lipinski definition) is 1. The quantitative estimate of drug-likeness (QED) is 0.445. The largest absolute Gasteiger partial charge is 0.497 e. The number of nitrogens with zero attached hydrogens (tertiary/aromatic N) is 4. The van der Waals surface area contributed by atoms with E-state index in [9.17, 15) is 0 Å². The summed E-state index contributed by atoms with van der Waals surface area (Å²) < 4.78 is 11.3. The van der Waals surface area contributed by atoms with Crippen molar-refractivity contribution in [2.24, 2.45) is 0 Å². The van der Waals surface area contributed by atoms with Gasteiger partial charge in [0.2, 0.25) is 5.13 Å². The van der Waals surface area contributed by atoms with Crippen molar-refractivity contribution in [3.63, 3.8) is 0 Å². The van der Waals surface area contributed by atoms with Crippen molar-refractivity contribution in [1.29, 1.82) is 0 Å². The normalized spacial score (nSPS) is 10.8. The zero-order valence-corrected chi connectivity index (χ0v) is 16.0. The smallest absolute Gasteiger partial charge is 0.268 e. The SMILES string of the molecule is COc1ccc(Nc2nnc(SCc3noc(-c4cccs4)n3)s2)cc1. The molecule has 0 aliphatic carbocycles. The Morgan fingerprint density at radius 2 is 2.08 bits per heavy atom. The van der Waals surface area contributed by atoms with Gasteiger partial charge in [-0.1, -0.05) is 34.3 Å². The summed E-state index contributed by atoms with van der Waals surface area (Å²) in [5, 5.41) is 18.3. The van der Waals surface area contributed by atoms with Crippen LogP contribution in [0, 0.1) is 0 Å². The van der Waals surface area contributed by atoms with Gasteiger partial charge in [-0.15, -0.1) is 21.5 Å². The van der Waals surface area contributed by atoms with Gasteiger partial charge in [-0.25, -0.2) is 0 Å². The van der Waals surface area contributed by atoms with Crippen molar-refractivity contribution in [3.05, 3.63) is 47.6 Å². The number of hydrogen-bond acceptors (Lipinski definition) is 10. The van der Waals surface area contributed by atoms with Crippen LogP contribution in [-0.2, 0) is 5.75 Å². The Hall–Kier alpha value is -2.43. The molecular formula is C16H13N5O2S3. The number of methoxy groups -OCH3 is 1. The topological polar surface area (TPSA) is 86.0 Å². The van der Waals surface area contributed by atoms with Gasteiger partial charge in [0.25, 0.3) is 5.89 Å². The van der Waals surface area contributed by atoms with Crippen molar-refractivity contribution in [1.82, 2.24) is 20.3 Å². The third-order valence-corrected chi connectivity index (χ3v) is 6.10. The molecule has 0 aliphatic heterocycles. The first-order chi connectivity index (χ1) is 12.8. The highest BCUT2D eigenvalue weighted by Crippen LogP contribution is 2.30. The number of aromatic nitrogens is 4. The zero-order chi connectivity index (χ0) is 17.8. The number of thioether (sulfide) groups is 1. The van der Waals surface area contributed by atoms with Gasteiger partial charge in [0.15, 0.2) is 10.2 Å². The molecule has 132 valence electrons. The van der Waals surface area contributed by atoms with Gasteiger partial charge in [-0.2, -0.15) is 4.98 Å².